The Balaban J connectivity index is 2.42. The molecule has 0 fully saturated rings. The lowest BCUT2D eigenvalue weighted by Gasteiger charge is -2.17. The van der Waals surface area contributed by atoms with Gasteiger partial charge in [0.15, 0.2) is 0 Å². The zero-order valence-corrected chi connectivity index (χ0v) is 11.3. The summed E-state index contributed by atoms with van der Waals surface area (Å²) in [4.78, 5) is 1.31. The van der Waals surface area contributed by atoms with E-state index in [4.69, 9.17) is 5.84 Å². The monoisotopic (exact) mass is 246 g/mol. The van der Waals surface area contributed by atoms with Crippen LogP contribution in [0.3, 0.4) is 0 Å². The van der Waals surface area contributed by atoms with Gasteiger partial charge in [0.25, 0.3) is 0 Å². The van der Waals surface area contributed by atoms with Gasteiger partial charge in [0, 0.05) is 4.88 Å². The molecule has 0 aliphatic rings. The number of aryl methyl sites for hydroxylation is 3. The van der Waals surface area contributed by atoms with Gasteiger partial charge >= 0.3 is 0 Å². The van der Waals surface area contributed by atoms with Crippen LogP contribution >= 0.6 is 11.3 Å². The summed E-state index contributed by atoms with van der Waals surface area (Å²) in [6.07, 6.45) is 0. The minimum absolute atomic E-state index is 0.0838. The normalized spacial score (nSPS) is 12.7. The first-order valence-electron chi connectivity index (χ1n) is 5.70. The highest BCUT2D eigenvalue weighted by molar-refractivity contribution is 7.10. The smallest absolute Gasteiger partial charge is 0.0720 e. The Kier molecular flexibility index (Phi) is 3.62. The van der Waals surface area contributed by atoms with Gasteiger partial charge in [-0.05, 0) is 54.5 Å². The van der Waals surface area contributed by atoms with Crippen molar-refractivity contribution in [1.29, 1.82) is 0 Å². The summed E-state index contributed by atoms with van der Waals surface area (Å²) in [7, 11) is 0. The van der Waals surface area contributed by atoms with Gasteiger partial charge in [0.2, 0.25) is 0 Å². The van der Waals surface area contributed by atoms with Crippen molar-refractivity contribution in [3.63, 3.8) is 0 Å². The Morgan fingerprint density at radius 1 is 1.12 bits per heavy atom. The van der Waals surface area contributed by atoms with E-state index < -0.39 is 0 Å². The second-order valence-corrected chi connectivity index (χ2v) is 5.50. The Hall–Kier alpha value is -1.16. The predicted molar refractivity (Wildman–Crippen MR) is 74.1 cm³/mol. The lowest BCUT2D eigenvalue weighted by atomic mass is 9.97. The number of thiophene rings is 1. The molecule has 0 bridgehead atoms. The van der Waals surface area contributed by atoms with E-state index in [9.17, 15) is 0 Å². The SMILES string of the molecule is Cc1ccc(C(NN)c2ccsc2C)cc1C. The fourth-order valence-electron chi connectivity index (χ4n) is 2.00. The predicted octanol–water partition coefficient (Wildman–Crippen LogP) is 3.23. The molecule has 1 atom stereocenters. The molecule has 2 aromatic rings. The van der Waals surface area contributed by atoms with Gasteiger partial charge in [-0.3, -0.25) is 5.84 Å². The quantitative estimate of drug-likeness (QED) is 0.644. The zero-order valence-electron chi connectivity index (χ0n) is 10.4. The van der Waals surface area contributed by atoms with E-state index in [1.54, 1.807) is 11.3 Å². The highest BCUT2D eigenvalue weighted by Crippen LogP contribution is 2.28. The second-order valence-electron chi connectivity index (χ2n) is 4.38. The van der Waals surface area contributed by atoms with Gasteiger partial charge in [-0.2, -0.15) is 0 Å². The Morgan fingerprint density at radius 3 is 2.41 bits per heavy atom. The van der Waals surface area contributed by atoms with Crippen LogP contribution in [-0.4, -0.2) is 0 Å². The van der Waals surface area contributed by atoms with Crippen LogP contribution in [0.4, 0.5) is 0 Å². The van der Waals surface area contributed by atoms with E-state index in [-0.39, 0.29) is 6.04 Å². The fraction of sp³-hybridized carbons (Fsp3) is 0.286. The molecule has 2 rings (SSSR count). The molecule has 90 valence electrons. The summed E-state index contributed by atoms with van der Waals surface area (Å²) in [6.45, 7) is 6.39. The lowest BCUT2D eigenvalue weighted by Crippen LogP contribution is -2.29. The first kappa shape index (κ1) is 12.3. The van der Waals surface area contributed by atoms with E-state index in [1.807, 2.05) is 0 Å². The van der Waals surface area contributed by atoms with Crippen molar-refractivity contribution in [2.75, 3.05) is 0 Å². The summed E-state index contributed by atoms with van der Waals surface area (Å²) < 4.78 is 0. The third-order valence-corrected chi connectivity index (χ3v) is 4.10. The molecule has 1 heterocycles. The van der Waals surface area contributed by atoms with E-state index >= 15 is 0 Å². The third kappa shape index (κ3) is 2.41. The number of rotatable bonds is 3. The summed E-state index contributed by atoms with van der Waals surface area (Å²) in [5.74, 6) is 5.71. The number of hydrazine groups is 1. The van der Waals surface area contributed by atoms with Crippen LogP contribution in [0.15, 0.2) is 29.6 Å². The summed E-state index contributed by atoms with van der Waals surface area (Å²) in [5.41, 5.74) is 8.01. The molecule has 1 aromatic heterocycles. The molecule has 1 aromatic carbocycles. The number of hydrogen-bond acceptors (Lipinski definition) is 3. The van der Waals surface area contributed by atoms with Gasteiger partial charge < -0.3 is 0 Å². The van der Waals surface area contributed by atoms with Crippen LogP contribution in [0.2, 0.25) is 0 Å². The molecule has 0 spiro atoms. The molecule has 0 saturated heterocycles. The molecule has 0 saturated carbocycles. The Labute approximate surface area is 106 Å². The molecule has 3 heteroatoms. The van der Waals surface area contributed by atoms with E-state index in [1.165, 1.54) is 27.1 Å². The maximum absolute atomic E-state index is 5.71. The van der Waals surface area contributed by atoms with Crippen LogP contribution in [0.5, 0.6) is 0 Å². The third-order valence-electron chi connectivity index (χ3n) is 3.24. The average Bonchev–Trinajstić information content (AvgIpc) is 2.71. The molecular weight excluding hydrogens is 228 g/mol. The molecule has 2 nitrogen and oxygen atoms in total. The molecule has 3 N–H and O–H groups in total. The number of nitrogens with two attached hydrogens (primary N) is 1. The van der Waals surface area contributed by atoms with E-state index in [0.29, 0.717) is 0 Å². The van der Waals surface area contributed by atoms with Crippen molar-refractivity contribution in [1.82, 2.24) is 5.43 Å². The fourth-order valence-corrected chi connectivity index (χ4v) is 2.74. The molecule has 0 radical (unpaired) electrons. The molecule has 0 aliphatic carbocycles. The van der Waals surface area contributed by atoms with Gasteiger partial charge in [0.1, 0.15) is 0 Å². The van der Waals surface area contributed by atoms with Crippen molar-refractivity contribution in [3.8, 4) is 0 Å². The minimum atomic E-state index is 0.0838. The Bertz CT molecular complexity index is 517. The van der Waals surface area contributed by atoms with Crippen molar-refractivity contribution in [3.05, 3.63) is 56.8 Å². The van der Waals surface area contributed by atoms with Gasteiger partial charge in [-0.15, -0.1) is 11.3 Å². The molecule has 0 aliphatic heterocycles. The van der Waals surface area contributed by atoms with Crippen LogP contribution in [0.25, 0.3) is 0 Å². The molecule has 1 unspecified atom stereocenters. The van der Waals surface area contributed by atoms with E-state index in [0.717, 1.165) is 0 Å². The van der Waals surface area contributed by atoms with Crippen molar-refractivity contribution >= 4 is 11.3 Å². The topological polar surface area (TPSA) is 38.0 Å². The highest BCUT2D eigenvalue weighted by Gasteiger charge is 2.15. The Morgan fingerprint density at radius 2 is 1.88 bits per heavy atom. The molecular formula is C14H18N2S. The minimum Gasteiger partial charge on any atom is -0.271 e. The van der Waals surface area contributed by atoms with Crippen LogP contribution in [0.1, 0.15) is 33.2 Å². The second kappa shape index (κ2) is 5.00. The lowest BCUT2D eigenvalue weighted by molar-refractivity contribution is 0.635. The van der Waals surface area contributed by atoms with Crippen LogP contribution in [-0.2, 0) is 0 Å². The number of benzene rings is 1. The first-order valence-corrected chi connectivity index (χ1v) is 6.58. The van der Waals surface area contributed by atoms with Crippen LogP contribution in [0, 0.1) is 20.8 Å². The first-order chi connectivity index (χ1) is 8.13. The van der Waals surface area contributed by atoms with Gasteiger partial charge in [0.05, 0.1) is 6.04 Å². The standard InChI is InChI=1S/C14H18N2S/c1-9-4-5-12(8-10(9)2)14(16-15)13-6-7-17-11(13)3/h4-8,14,16H,15H2,1-3H3. The number of hydrogen-bond donors (Lipinski definition) is 2. The zero-order chi connectivity index (χ0) is 12.4. The van der Waals surface area contributed by atoms with Crippen molar-refractivity contribution < 1.29 is 0 Å². The van der Waals surface area contributed by atoms with Gasteiger partial charge in [-0.1, -0.05) is 18.2 Å². The summed E-state index contributed by atoms with van der Waals surface area (Å²) in [5, 5.41) is 2.11. The average molecular weight is 246 g/mol. The molecule has 0 amide bonds. The largest absolute Gasteiger partial charge is 0.271 e. The van der Waals surface area contributed by atoms with Crippen molar-refractivity contribution in [2.45, 2.75) is 26.8 Å². The highest BCUT2D eigenvalue weighted by atomic mass is 32.1. The van der Waals surface area contributed by atoms with Crippen LogP contribution < -0.4 is 11.3 Å². The van der Waals surface area contributed by atoms with E-state index in [2.05, 4.69) is 55.8 Å². The maximum atomic E-state index is 5.71. The van der Waals surface area contributed by atoms with Crippen molar-refractivity contribution in [2.24, 2.45) is 5.84 Å². The summed E-state index contributed by atoms with van der Waals surface area (Å²) >= 11 is 1.75. The molecule has 17 heavy (non-hydrogen) atoms. The van der Waals surface area contributed by atoms with Gasteiger partial charge in [-0.25, -0.2) is 5.43 Å². The maximum Gasteiger partial charge on any atom is 0.0720 e. The number of nitrogens with one attached hydrogen (secondary N) is 1. The summed E-state index contributed by atoms with van der Waals surface area (Å²) in [6, 6.07) is 8.72.